The van der Waals surface area contributed by atoms with Crippen molar-refractivity contribution in [3.63, 3.8) is 0 Å². The molecule has 1 aliphatic carbocycles. The average molecular weight is 294 g/mol. The van der Waals surface area contributed by atoms with Crippen LogP contribution in [0, 0.1) is 5.82 Å². The number of rotatable bonds is 1. The lowest BCUT2D eigenvalue weighted by molar-refractivity contribution is 0.111. The molecule has 1 fully saturated rings. The van der Waals surface area contributed by atoms with E-state index in [0.717, 1.165) is 29.7 Å². The van der Waals surface area contributed by atoms with Gasteiger partial charge < -0.3 is 4.74 Å². The maximum atomic E-state index is 13.3. The summed E-state index contributed by atoms with van der Waals surface area (Å²) < 4.78 is 19.7. The van der Waals surface area contributed by atoms with Gasteiger partial charge in [-0.15, -0.1) is 0 Å². The number of para-hydroxylation sites is 1. The summed E-state index contributed by atoms with van der Waals surface area (Å²) in [6.45, 7) is 2.18. The minimum Gasteiger partial charge on any atom is -0.482 e. The Morgan fingerprint density at radius 1 is 0.955 bits per heavy atom. The summed E-state index contributed by atoms with van der Waals surface area (Å²) in [5, 5.41) is 0. The van der Waals surface area contributed by atoms with Gasteiger partial charge in [-0.1, -0.05) is 30.3 Å². The fourth-order valence-electron chi connectivity index (χ4n) is 3.89. The third-order valence-corrected chi connectivity index (χ3v) is 5.06. The normalized spacial score (nSPS) is 19.2. The standard InChI is InChI=1S/C20H19FO/c1-14-19(15-8-10-16(21)11-9-15)17-6-2-3-7-18(17)22-20(14)12-4-5-13-20/h2-3,6-11H,4-5,12-13H2,1H3. The van der Waals surface area contributed by atoms with Gasteiger partial charge in [-0.2, -0.15) is 0 Å². The van der Waals surface area contributed by atoms with Crippen LogP contribution >= 0.6 is 0 Å². The average Bonchev–Trinajstić information content (AvgIpc) is 2.99. The molecule has 2 aromatic carbocycles. The molecule has 2 aliphatic rings. The Hall–Kier alpha value is -2.09. The lowest BCUT2D eigenvalue weighted by Gasteiger charge is -2.38. The lowest BCUT2D eigenvalue weighted by Crippen LogP contribution is -2.37. The van der Waals surface area contributed by atoms with Crippen LogP contribution in [0.5, 0.6) is 5.75 Å². The molecule has 1 aliphatic heterocycles. The van der Waals surface area contributed by atoms with Crippen LogP contribution in [-0.2, 0) is 0 Å². The minimum absolute atomic E-state index is 0.169. The van der Waals surface area contributed by atoms with E-state index in [1.807, 2.05) is 30.3 Å². The molecule has 112 valence electrons. The van der Waals surface area contributed by atoms with Crippen molar-refractivity contribution in [2.24, 2.45) is 0 Å². The molecule has 0 aromatic heterocycles. The number of ether oxygens (including phenoxy) is 1. The fourth-order valence-corrected chi connectivity index (χ4v) is 3.89. The first-order valence-electron chi connectivity index (χ1n) is 7.95. The summed E-state index contributed by atoms with van der Waals surface area (Å²) in [5.41, 5.74) is 4.52. The Bertz CT molecular complexity index is 737. The van der Waals surface area contributed by atoms with Gasteiger partial charge in [-0.3, -0.25) is 0 Å². The second-order valence-electron chi connectivity index (χ2n) is 6.31. The van der Waals surface area contributed by atoms with Crippen LogP contribution < -0.4 is 4.74 Å². The molecule has 0 bridgehead atoms. The monoisotopic (exact) mass is 294 g/mol. The van der Waals surface area contributed by atoms with E-state index in [1.165, 1.54) is 36.1 Å². The summed E-state index contributed by atoms with van der Waals surface area (Å²) in [6.07, 6.45) is 4.54. The third kappa shape index (κ3) is 1.98. The van der Waals surface area contributed by atoms with Gasteiger partial charge in [0, 0.05) is 5.56 Å². The van der Waals surface area contributed by atoms with Gasteiger partial charge >= 0.3 is 0 Å². The molecule has 2 aromatic rings. The highest BCUT2D eigenvalue weighted by Crippen LogP contribution is 2.49. The van der Waals surface area contributed by atoms with E-state index in [0.29, 0.717) is 0 Å². The molecule has 0 unspecified atom stereocenters. The molecule has 1 nitrogen and oxygen atoms in total. The summed E-state index contributed by atoms with van der Waals surface area (Å²) >= 11 is 0. The predicted octanol–water partition coefficient (Wildman–Crippen LogP) is 5.35. The molecule has 0 amide bonds. The van der Waals surface area contributed by atoms with E-state index in [4.69, 9.17) is 4.74 Å². The first-order valence-corrected chi connectivity index (χ1v) is 7.95. The van der Waals surface area contributed by atoms with E-state index in [2.05, 4.69) is 13.0 Å². The van der Waals surface area contributed by atoms with Crippen LogP contribution in [0.1, 0.15) is 43.7 Å². The molecule has 2 heteroatoms. The van der Waals surface area contributed by atoms with E-state index in [1.54, 1.807) is 0 Å². The van der Waals surface area contributed by atoms with Crippen LogP contribution in [0.15, 0.2) is 54.1 Å². The number of benzene rings is 2. The first kappa shape index (κ1) is 13.6. The van der Waals surface area contributed by atoms with Gasteiger partial charge in [0.05, 0.1) is 0 Å². The number of hydrogen-bond acceptors (Lipinski definition) is 1. The zero-order valence-corrected chi connectivity index (χ0v) is 12.7. The molecule has 1 heterocycles. The summed E-state index contributed by atoms with van der Waals surface area (Å²) in [7, 11) is 0. The highest BCUT2D eigenvalue weighted by Gasteiger charge is 2.42. The largest absolute Gasteiger partial charge is 0.482 e. The molecule has 0 atom stereocenters. The molecular weight excluding hydrogens is 275 g/mol. The smallest absolute Gasteiger partial charge is 0.131 e. The highest BCUT2D eigenvalue weighted by molar-refractivity contribution is 5.87. The van der Waals surface area contributed by atoms with E-state index >= 15 is 0 Å². The van der Waals surface area contributed by atoms with Crippen molar-refractivity contribution in [1.82, 2.24) is 0 Å². The lowest BCUT2D eigenvalue weighted by atomic mass is 9.81. The van der Waals surface area contributed by atoms with Crippen LogP contribution in [0.25, 0.3) is 5.57 Å². The van der Waals surface area contributed by atoms with Crippen molar-refractivity contribution in [3.05, 3.63) is 71.0 Å². The van der Waals surface area contributed by atoms with Crippen molar-refractivity contribution in [1.29, 1.82) is 0 Å². The number of halogens is 1. The van der Waals surface area contributed by atoms with Crippen molar-refractivity contribution < 1.29 is 9.13 Å². The van der Waals surface area contributed by atoms with Crippen molar-refractivity contribution in [2.75, 3.05) is 0 Å². The van der Waals surface area contributed by atoms with Crippen molar-refractivity contribution in [2.45, 2.75) is 38.2 Å². The Morgan fingerprint density at radius 3 is 2.36 bits per heavy atom. The molecule has 1 saturated carbocycles. The Labute approximate surface area is 130 Å². The van der Waals surface area contributed by atoms with Crippen molar-refractivity contribution >= 4 is 5.57 Å². The van der Waals surface area contributed by atoms with Crippen LogP contribution in [0.4, 0.5) is 4.39 Å². The second-order valence-corrected chi connectivity index (χ2v) is 6.31. The fraction of sp³-hybridized carbons (Fsp3) is 0.300. The molecule has 0 N–H and O–H groups in total. The zero-order valence-electron chi connectivity index (χ0n) is 12.7. The molecule has 0 radical (unpaired) electrons. The van der Waals surface area contributed by atoms with Gasteiger partial charge in [0.15, 0.2) is 0 Å². The molecule has 4 rings (SSSR count). The Kier molecular flexibility index (Phi) is 3.07. The Morgan fingerprint density at radius 2 is 1.64 bits per heavy atom. The van der Waals surface area contributed by atoms with Gasteiger partial charge in [-0.05, 0) is 67.5 Å². The van der Waals surface area contributed by atoms with Gasteiger partial charge in [0.2, 0.25) is 0 Å². The zero-order chi connectivity index (χ0) is 15.2. The SMILES string of the molecule is CC1=C(c2ccc(F)cc2)c2ccccc2OC12CCCC2. The Balaban J connectivity index is 1.95. The van der Waals surface area contributed by atoms with Crippen LogP contribution in [0.3, 0.4) is 0 Å². The van der Waals surface area contributed by atoms with E-state index < -0.39 is 0 Å². The molecule has 22 heavy (non-hydrogen) atoms. The van der Waals surface area contributed by atoms with Crippen LogP contribution in [-0.4, -0.2) is 5.60 Å². The summed E-state index contributed by atoms with van der Waals surface area (Å²) in [4.78, 5) is 0. The minimum atomic E-state index is -0.196. The third-order valence-electron chi connectivity index (χ3n) is 5.06. The maximum Gasteiger partial charge on any atom is 0.131 e. The quantitative estimate of drug-likeness (QED) is 0.688. The first-order chi connectivity index (χ1) is 10.7. The maximum absolute atomic E-state index is 13.3. The summed E-state index contributed by atoms with van der Waals surface area (Å²) in [5.74, 6) is 0.757. The van der Waals surface area contributed by atoms with Crippen molar-refractivity contribution in [3.8, 4) is 5.75 Å². The number of fused-ring (bicyclic) bond motifs is 1. The molecule has 0 saturated heterocycles. The van der Waals surface area contributed by atoms with E-state index in [9.17, 15) is 4.39 Å². The highest BCUT2D eigenvalue weighted by atomic mass is 19.1. The van der Waals surface area contributed by atoms with Gasteiger partial charge in [0.25, 0.3) is 0 Å². The van der Waals surface area contributed by atoms with Gasteiger partial charge in [0.1, 0.15) is 17.2 Å². The van der Waals surface area contributed by atoms with E-state index in [-0.39, 0.29) is 11.4 Å². The second kappa shape index (κ2) is 4.98. The van der Waals surface area contributed by atoms with Crippen LogP contribution in [0.2, 0.25) is 0 Å². The molecular formula is C20H19FO. The molecule has 1 spiro atoms. The predicted molar refractivity (Wildman–Crippen MR) is 86.4 cm³/mol. The topological polar surface area (TPSA) is 9.23 Å². The summed E-state index contributed by atoms with van der Waals surface area (Å²) in [6, 6.07) is 15.0. The van der Waals surface area contributed by atoms with Gasteiger partial charge in [-0.25, -0.2) is 4.39 Å². The number of hydrogen-bond donors (Lipinski definition) is 0.